The highest BCUT2D eigenvalue weighted by atomic mass is 16.3. The third kappa shape index (κ3) is 2.74. The lowest BCUT2D eigenvalue weighted by atomic mass is 9.83. The van der Waals surface area contributed by atoms with E-state index in [0.717, 1.165) is 25.8 Å². The average molecular weight is 282 g/mol. The molecular formula is C15H26N2O3. The van der Waals surface area contributed by atoms with Crippen LogP contribution in [-0.4, -0.2) is 52.5 Å². The molecule has 0 aromatic heterocycles. The van der Waals surface area contributed by atoms with Crippen LogP contribution in [0.15, 0.2) is 0 Å². The van der Waals surface area contributed by atoms with Crippen molar-refractivity contribution in [2.24, 2.45) is 5.92 Å². The van der Waals surface area contributed by atoms with E-state index >= 15 is 0 Å². The highest BCUT2D eigenvalue weighted by molar-refractivity contribution is 5.98. The van der Waals surface area contributed by atoms with Crippen molar-refractivity contribution in [1.29, 1.82) is 0 Å². The molecule has 0 saturated carbocycles. The summed E-state index contributed by atoms with van der Waals surface area (Å²) >= 11 is 0. The number of aliphatic hydroxyl groups excluding tert-OH is 1. The Hall–Kier alpha value is -0.940. The Morgan fingerprint density at radius 3 is 2.60 bits per heavy atom. The topological polar surface area (TPSA) is 69.6 Å². The van der Waals surface area contributed by atoms with Gasteiger partial charge in [-0.15, -0.1) is 0 Å². The third-order valence-electron chi connectivity index (χ3n) is 4.44. The maximum Gasteiger partial charge on any atom is 0.245 e. The maximum atomic E-state index is 12.4. The molecule has 5 nitrogen and oxygen atoms in total. The van der Waals surface area contributed by atoms with Crippen LogP contribution in [-0.2, 0) is 9.59 Å². The molecule has 2 heterocycles. The quantitative estimate of drug-likeness (QED) is 0.704. The van der Waals surface area contributed by atoms with Gasteiger partial charge in [0.05, 0.1) is 6.10 Å². The van der Waals surface area contributed by atoms with Crippen molar-refractivity contribution in [3.63, 3.8) is 0 Å². The molecule has 2 aliphatic rings. The highest BCUT2D eigenvalue weighted by Gasteiger charge is 2.56. The lowest BCUT2D eigenvalue weighted by Crippen LogP contribution is -2.75. The number of carbonyl (C=O) groups is 2. The summed E-state index contributed by atoms with van der Waals surface area (Å²) in [6, 6.07) is -0.672. The summed E-state index contributed by atoms with van der Waals surface area (Å²) in [4.78, 5) is 26.2. The molecule has 3 atom stereocenters. The first-order valence-electron chi connectivity index (χ1n) is 7.64. The number of likely N-dealkylation sites (tertiary alicyclic amines) is 1. The second-order valence-electron chi connectivity index (χ2n) is 6.63. The lowest BCUT2D eigenvalue weighted by molar-refractivity contribution is -0.163. The molecule has 2 rings (SSSR count). The van der Waals surface area contributed by atoms with E-state index in [2.05, 4.69) is 19.2 Å². The van der Waals surface area contributed by atoms with Crippen molar-refractivity contribution in [3.05, 3.63) is 0 Å². The summed E-state index contributed by atoms with van der Waals surface area (Å²) in [6.45, 7) is 7.14. The van der Waals surface area contributed by atoms with Crippen LogP contribution in [0.25, 0.3) is 0 Å². The molecule has 0 bridgehead atoms. The smallest absolute Gasteiger partial charge is 0.245 e. The van der Waals surface area contributed by atoms with Gasteiger partial charge in [0.15, 0.2) is 5.78 Å². The molecule has 5 heteroatoms. The summed E-state index contributed by atoms with van der Waals surface area (Å²) in [7, 11) is 0. The van der Waals surface area contributed by atoms with Crippen molar-refractivity contribution in [2.45, 2.75) is 64.1 Å². The fourth-order valence-corrected chi connectivity index (χ4v) is 3.24. The van der Waals surface area contributed by atoms with Crippen molar-refractivity contribution >= 4 is 11.7 Å². The molecule has 114 valence electrons. The first kappa shape index (κ1) is 15.4. The van der Waals surface area contributed by atoms with E-state index in [-0.39, 0.29) is 11.7 Å². The van der Waals surface area contributed by atoms with Crippen molar-refractivity contribution in [3.8, 4) is 0 Å². The summed E-state index contributed by atoms with van der Waals surface area (Å²) in [5.41, 5.74) is -0.439. The minimum Gasteiger partial charge on any atom is -0.391 e. The summed E-state index contributed by atoms with van der Waals surface area (Å²) in [6.07, 6.45) is 2.26. The Labute approximate surface area is 120 Å². The number of hydrogen-bond donors (Lipinski definition) is 2. The monoisotopic (exact) mass is 282 g/mol. The van der Waals surface area contributed by atoms with Gasteiger partial charge in [0.1, 0.15) is 11.6 Å². The standard InChI is InChI=1S/C15H26N2O3/c1-10(2)5-6-12(19)13(11(3)18)17-9-15(14(17)20)7-4-8-16-15/h10-11,13,16,18H,4-9H2,1-3H3/t11-,13+,15?/m1/s1. The van der Waals surface area contributed by atoms with Gasteiger partial charge >= 0.3 is 0 Å². The Balaban J connectivity index is 2.00. The third-order valence-corrected chi connectivity index (χ3v) is 4.44. The summed E-state index contributed by atoms with van der Waals surface area (Å²) < 4.78 is 0. The van der Waals surface area contributed by atoms with Gasteiger partial charge in [0.2, 0.25) is 5.91 Å². The van der Waals surface area contributed by atoms with Gasteiger partial charge < -0.3 is 15.3 Å². The molecule has 0 aromatic carbocycles. The molecule has 0 radical (unpaired) electrons. The fraction of sp³-hybridized carbons (Fsp3) is 0.867. The SMILES string of the molecule is CC(C)CCC(=O)[C@H]([C@@H](C)O)N1CC2(CCCN2)C1=O. The number of amides is 1. The van der Waals surface area contributed by atoms with Gasteiger partial charge in [-0.05, 0) is 38.6 Å². The van der Waals surface area contributed by atoms with Crippen LogP contribution in [0.1, 0.15) is 46.5 Å². The van der Waals surface area contributed by atoms with Gasteiger partial charge in [-0.25, -0.2) is 0 Å². The molecule has 2 N–H and O–H groups in total. The first-order chi connectivity index (χ1) is 9.37. The van der Waals surface area contributed by atoms with Crippen LogP contribution in [0.2, 0.25) is 0 Å². The number of hydrogen-bond acceptors (Lipinski definition) is 4. The van der Waals surface area contributed by atoms with Crippen molar-refractivity contribution in [2.75, 3.05) is 13.1 Å². The molecule has 1 amide bonds. The second kappa shape index (κ2) is 5.82. The molecule has 20 heavy (non-hydrogen) atoms. The van der Waals surface area contributed by atoms with Crippen LogP contribution >= 0.6 is 0 Å². The molecular weight excluding hydrogens is 256 g/mol. The van der Waals surface area contributed by atoms with Crippen molar-refractivity contribution in [1.82, 2.24) is 10.2 Å². The molecule has 0 aromatic rings. The predicted molar refractivity (Wildman–Crippen MR) is 76.2 cm³/mol. The molecule has 2 saturated heterocycles. The number of β-lactam (4-membered cyclic amide) rings is 1. The molecule has 1 unspecified atom stereocenters. The Morgan fingerprint density at radius 1 is 1.45 bits per heavy atom. The molecule has 1 spiro atoms. The molecule has 0 aliphatic carbocycles. The number of Topliss-reactive ketones (excluding diaryl/α,β-unsaturated/α-hetero) is 1. The lowest BCUT2D eigenvalue weighted by Gasteiger charge is -2.50. The Kier molecular flexibility index (Phi) is 4.49. The van der Waals surface area contributed by atoms with E-state index in [1.54, 1.807) is 11.8 Å². The maximum absolute atomic E-state index is 12.4. The minimum absolute atomic E-state index is 0.0150. The van der Waals surface area contributed by atoms with E-state index < -0.39 is 17.7 Å². The predicted octanol–water partition coefficient (Wildman–Crippen LogP) is 0.705. The number of nitrogens with zero attached hydrogens (tertiary/aromatic N) is 1. The van der Waals surface area contributed by atoms with E-state index in [1.807, 2.05) is 0 Å². The van der Waals surface area contributed by atoms with Gasteiger partial charge in [-0.2, -0.15) is 0 Å². The Morgan fingerprint density at radius 2 is 2.15 bits per heavy atom. The fourth-order valence-electron chi connectivity index (χ4n) is 3.24. The second-order valence-corrected chi connectivity index (χ2v) is 6.63. The number of carbonyl (C=O) groups excluding carboxylic acids is 2. The number of nitrogens with one attached hydrogen (secondary N) is 1. The van der Waals surface area contributed by atoms with Crippen LogP contribution in [0.5, 0.6) is 0 Å². The van der Waals surface area contributed by atoms with E-state index in [9.17, 15) is 14.7 Å². The van der Waals surface area contributed by atoms with Crippen LogP contribution in [0.4, 0.5) is 0 Å². The van der Waals surface area contributed by atoms with Crippen LogP contribution in [0, 0.1) is 5.92 Å². The van der Waals surface area contributed by atoms with Gasteiger partial charge in [0.25, 0.3) is 0 Å². The zero-order valence-electron chi connectivity index (χ0n) is 12.7. The molecule has 2 fully saturated rings. The van der Waals surface area contributed by atoms with Crippen molar-refractivity contribution < 1.29 is 14.7 Å². The summed E-state index contributed by atoms with van der Waals surface area (Å²) in [5, 5.41) is 13.1. The average Bonchev–Trinajstić information content (AvgIpc) is 2.86. The van der Waals surface area contributed by atoms with Crippen LogP contribution in [0.3, 0.4) is 0 Å². The number of ketones is 1. The minimum atomic E-state index is -0.808. The summed E-state index contributed by atoms with van der Waals surface area (Å²) in [5.74, 6) is 0.414. The largest absolute Gasteiger partial charge is 0.391 e. The van der Waals surface area contributed by atoms with Gasteiger partial charge in [-0.1, -0.05) is 13.8 Å². The van der Waals surface area contributed by atoms with E-state index in [4.69, 9.17) is 0 Å². The number of aliphatic hydroxyl groups is 1. The van der Waals surface area contributed by atoms with Crippen LogP contribution < -0.4 is 5.32 Å². The molecule has 2 aliphatic heterocycles. The zero-order valence-corrected chi connectivity index (χ0v) is 12.7. The number of rotatable bonds is 6. The van der Waals surface area contributed by atoms with Gasteiger partial charge in [-0.3, -0.25) is 9.59 Å². The van der Waals surface area contributed by atoms with Gasteiger partial charge in [0, 0.05) is 13.0 Å². The first-order valence-corrected chi connectivity index (χ1v) is 7.64. The zero-order chi connectivity index (χ0) is 14.9. The highest BCUT2D eigenvalue weighted by Crippen LogP contribution is 2.34. The normalized spacial score (nSPS) is 28.9. The Bertz CT molecular complexity index is 387. The van der Waals surface area contributed by atoms with E-state index in [0.29, 0.717) is 18.9 Å². The van der Waals surface area contributed by atoms with E-state index in [1.165, 1.54) is 0 Å².